The maximum atomic E-state index is 10.3. The molecule has 9 heavy (non-hydrogen) atoms. The van der Waals surface area contributed by atoms with Gasteiger partial charge in [-0.3, -0.25) is 0 Å². The Morgan fingerprint density at radius 2 is 2.22 bits per heavy atom. The molecule has 0 radical (unpaired) electrons. The van der Waals surface area contributed by atoms with Gasteiger partial charge in [-0.25, -0.2) is 0 Å². The van der Waals surface area contributed by atoms with Gasteiger partial charge >= 0.3 is 0 Å². The highest BCUT2D eigenvalue weighted by atomic mass is 32.9. The van der Waals surface area contributed by atoms with Crippen molar-refractivity contribution in [2.24, 2.45) is 0 Å². The van der Waals surface area contributed by atoms with E-state index in [0.29, 0.717) is 0 Å². The molecule has 1 heterocycles. The molecule has 0 aromatic rings. The van der Waals surface area contributed by atoms with Crippen LogP contribution in [0.15, 0.2) is 22.5 Å². The predicted octanol–water partition coefficient (Wildman–Crippen LogP) is 0.830. The molecule has 1 unspecified atom stereocenters. The van der Waals surface area contributed by atoms with Crippen LogP contribution in [-0.2, 0) is 18.7 Å². The largest absolute Gasteiger partial charge is 0.248 e. The zero-order valence-corrected chi connectivity index (χ0v) is 6.50. The second-order valence-corrected chi connectivity index (χ2v) is 5.24. The molecule has 0 aromatic carbocycles. The van der Waals surface area contributed by atoms with E-state index < -0.39 is 18.7 Å². The van der Waals surface area contributed by atoms with Gasteiger partial charge in [-0.05, 0) is 32.8 Å². The minimum atomic E-state index is -1.95. The molecule has 1 aliphatic rings. The molecule has 0 spiro atoms. The maximum Gasteiger partial charge on any atom is 0.248 e. The van der Waals surface area contributed by atoms with Crippen LogP contribution in [0.5, 0.6) is 0 Å². The van der Waals surface area contributed by atoms with Gasteiger partial charge in [0, 0.05) is 0 Å². The van der Waals surface area contributed by atoms with E-state index in [1.54, 1.807) is 10.8 Å². The molecule has 1 rings (SSSR count). The van der Waals surface area contributed by atoms with Crippen LogP contribution in [0.25, 0.3) is 0 Å². The van der Waals surface area contributed by atoms with Crippen molar-refractivity contribution < 1.29 is 8.42 Å². The van der Waals surface area contributed by atoms with Gasteiger partial charge in [-0.2, -0.15) is 8.42 Å². The maximum absolute atomic E-state index is 10.3. The Morgan fingerprint density at radius 1 is 1.56 bits per heavy atom. The molecule has 2 nitrogen and oxygen atoms in total. The Bertz CT molecular complexity index is 298. The molecule has 1 atom stereocenters. The van der Waals surface area contributed by atoms with E-state index in [0.717, 1.165) is 5.57 Å². The molecule has 0 aromatic heterocycles. The van der Waals surface area contributed by atoms with E-state index in [2.05, 4.69) is 0 Å². The lowest BCUT2D eigenvalue weighted by atomic mass is 10.4. The summed E-state index contributed by atoms with van der Waals surface area (Å²) in [6.45, 7) is 1.89. The number of hydrogen-bond donors (Lipinski definition) is 0. The lowest BCUT2D eigenvalue weighted by Crippen LogP contribution is -1.71. The Hall–Kier alpha value is -0.350. The van der Waals surface area contributed by atoms with Gasteiger partial charge in [-0.15, -0.1) is 0 Å². The lowest BCUT2D eigenvalue weighted by molar-refractivity contribution is 0.628. The van der Waals surface area contributed by atoms with Crippen molar-refractivity contribution in [2.75, 3.05) is 0 Å². The van der Waals surface area contributed by atoms with Crippen LogP contribution in [0.3, 0.4) is 0 Å². The normalized spacial score (nSPS) is 24.1. The van der Waals surface area contributed by atoms with Gasteiger partial charge in [0.05, 0.1) is 0 Å². The standard InChI is InChI=1S/C5H6O2S2/c1-5-2-3-8(4-5)9(6)7/h2-4H,1H3. The second kappa shape index (κ2) is 2.49. The summed E-state index contributed by atoms with van der Waals surface area (Å²) in [6, 6.07) is 0. The van der Waals surface area contributed by atoms with Crippen LogP contribution in [0.1, 0.15) is 6.92 Å². The summed E-state index contributed by atoms with van der Waals surface area (Å²) in [5.74, 6) is 0. The van der Waals surface area contributed by atoms with Crippen LogP contribution in [0, 0.1) is 0 Å². The summed E-state index contributed by atoms with van der Waals surface area (Å²) in [5.41, 5.74) is 1.03. The molecule has 4 heteroatoms. The first-order valence-electron chi connectivity index (χ1n) is 2.38. The van der Waals surface area contributed by atoms with Crippen molar-refractivity contribution in [3.63, 3.8) is 0 Å². The predicted molar refractivity (Wildman–Crippen MR) is 39.2 cm³/mol. The lowest BCUT2D eigenvalue weighted by Gasteiger charge is -1.75. The minimum absolute atomic E-state index is 0.635. The SMILES string of the molecule is CC1=CS(=S(=O)=O)C=C1. The van der Waals surface area contributed by atoms with Gasteiger partial charge < -0.3 is 0 Å². The minimum Gasteiger partial charge on any atom is -0.177 e. The van der Waals surface area contributed by atoms with E-state index >= 15 is 0 Å². The Balaban J connectivity index is 3.25. The molecule has 0 bridgehead atoms. The second-order valence-electron chi connectivity index (χ2n) is 1.70. The smallest absolute Gasteiger partial charge is 0.177 e. The van der Waals surface area contributed by atoms with E-state index in [1.165, 1.54) is 0 Å². The van der Waals surface area contributed by atoms with Crippen LogP contribution < -0.4 is 0 Å². The summed E-state index contributed by atoms with van der Waals surface area (Å²) >= 11 is 0. The van der Waals surface area contributed by atoms with E-state index in [-0.39, 0.29) is 0 Å². The number of hydrogen-bond acceptors (Lipinski definition) is 2. The average molecular weight is 162 g/mol. The number of rotatable bonds is 0. The van der Waals surface area contributed by atoms with Crippen molar-refractivity contribution in [3.8, 4) is 0 Å². The number of allylic oxidation sites excluding steroid dienone is 2. The summed E-state index contributed by atoms with van der Waals surface area (Å²) in [7, 11) is -2.58. The quantitative estimate of drug-likeness (QED) is 0.528. The van der Waals surface area contributed by atoms with Crippen LogP contribution in [-0.4, -0.2) is 8.42 Å². The third-order valence-electron chi connectivity index (χ3n) is 0.924. The molecule has 0 saturated carbocycles. The molecule has 0 fully saturated rings. The fraction of sp³-hybridized carbons (Fsp3) is 0.200. The summed E-state index contributed by atoms with van der Waals surface area (Å²) < 4.78 is 20.5. The van der Waals surface area contributed by atoms with Gasteiger partial charge in [0.25, 0.3) is 0 Å². The molecular formula is C5H6O2S2. The van der Waals surface area contributed by atoms with Gasteiger partial charge in [-0.1, -0.05) is 6.08 Å². The third kappa shape index (κ3) is 1.53. The third-order valence-corrected chi connectivity index (χ3v) is 3.81. The first-order valence-corrected chi connectivity index (χ1v) is 5.32. The Morgan fingerprint density at radius 3 is 2.44 bits per heavy atom. The zero-order chi connectivity index (χ0) is 6.85. The molecule has 0 saturated heterocycles. The summed E-state index contributed by atoms with van der Waals surface area (Å²) in [5, 5.41) is 3.43. The Kier molecular flexibility index (Phi) is 1.87. The van der Waals surface area contributed by atoms with Gasteiger partial charge in [0.1, 0.15) is 0 Å². The Labute approximate surface area is 57.0 Å². The molecule has 0 aliphatic carbocycles. The molecular weight excluding hydrogens is 156 g/mol. The van der Waals surface area contributed by atoms with Crippen molar-refractivity contribution in [3.05, 3.63) is 22.5 Å². The molecule has 0 amide bonds. The fourth-order valence-corrected chi connectivity index (χ4v) is 2.69. The van der Waals surface area contributed by atoms with Crippen molar-refractivity contribution in [1.82, 2.24) is 0 Å². The molecule has 0 N–H and O–H groups in total. The van der Waals surface area contributed by atoms with Crippen LogP contribution in [0.4, 0.5) is 0 Å². The van der Waals surface area contributed by atoms with Crippen molar-refractivity contribution in [1.29, 1.82) is 0 Å². The molecule has 50 valence electrons. The van der Waals surface area contributed by atoms with Crippen molar-refractivity contribution >= 4 is 18.7 Å². The van der Waals surface area contributed by atoms with E-state index in [1.807, 2.05) is 13.0 Å². The topological polar surface area (TPSA) is 34.1 Å². The van der Waals surface area contributed by atoms with Gasteiger partial charge in [0.15, 0.2) is 0 Å². The summed E-state index contributed by atoms with van der Waals surface area (Å²) in [4.78, 5) is 0. The van der Waals surface area contributed by atoms with E-state index in [4.69, 9.17) is 0 Å². The van der Waals surface area contributed by atoms with Gasteiger partial charge in [0.2, 0.25) is 9.26 Å². The zero-order valence-electron chi connectivity index (χ0n) is 4.87. The monoisotopic (exact) mass is 162 g/mol. The highest BCUT2D eigenvalue weighted by Gasteiger charge is 1.96. The fourth-order valence-electron chi connectivity index (χ4n) is 0.521. The van der Waals surface area contributed by atoms with Crippen LogP contribution >= 0.6 is 0 Å². The summed E-state index contributed by atoms with van der Waals surface area (Å²) in [6.07, 6.45) is 1.82. The molecule has 1 aliphatic heterocycles. The van der Waals surface area contributed by atoms with Crippen molar-refractivity contribution in [2.45, 2.75) is 6.92 Å². The first kappa shape index (κ1) is 6.77. The highest BCUT2D eigenvalue weighted by molar-refractivity contribution is 8.37. The van der Waals surface area contributed by atoms with E-state index in [9.17, 15) is 8.42 Å². The average Bonchev–Trinajstić information content (AvgIpc) is 2.14. The first-order chi connectivity index (χ1) is 4.20. The highest BCUT2D eigenvalue weighted by Crippen LogP contribution is 2.08. The van der Waals surface area contributed by atoms with Crippen LogP contribution in [0.2, 0.25) is 0 Å².